The van der Waals surface area contributed by atoms with E-state index in [1.165, 1.54) is 17.4 Å². The van der Waals surface area contributed by atoms with Crippen molar-refractivity contribution < 1.29 is 9.90 Å². The third-order valence-electron chi connectivity index (χ3n) is 2.41. The summed E-state index contributed by atoms with van der Waals surface area (Å²) < 4.78 is 1.07. The Hall–Kier alpha value is -2.54. The van der Waals surface area contributed by atoms with Crippen molar-refractivity contribution in [2.24, 2.45) is 0 Å². The fourth-order valence-electron chi connectivity index (χ4n) is 1.55. The van der Waals surface area contributed by atoms with E-state index in [1.807, 2.05) is 24.3 Å². The first-order valence-electron chi connectivity index (χ1n) is 5.42. The average molecular weight is 272 g/mol. The minimum absolute atomic E-state index is 0.0881. The molecule has 2 heterocycles. The molecule has 2 N–H and O–H groups in total. The molecule has 0 aliphatic heterocycles. The number of hydrogen-bond donors (Lipinski definition) is 2. The minimum atomic E-state index is -1.10. The van der Waals surface area contributed by atoms with Crippen LogP contribution in [0, 0.1) is 0 Å². The molecule has 0 fully saturated rings. The van der Waals surface area contributed by atoms with Crippen LogP contribution in [0.2, 0.25) is 0 Å². The van der Waals surface area contributed by atoms with Crippen molar-refractivity contribution in [2.75, 3.05) is 5.32 Å². The molecule has 2 aromatic heterocycles. The monoisotopic (exact) mass is 272 g/mol. The average Bonchev–Trinajstić information content (AvgIpc) is 2.81. The third kappa shape index (κ3) is 2.36. The number of nitrogens with zero attached hydrogens (tertiary/aromatic N) is 3. The Morgan fingerprint density at radius 2 is 2.00 bits per heavy atom. The van der Waals surface area contributed by atoms with Gasteiger partial charge < -0.3 is 10.4 Å². The van der Waals surface area contributed by atoms with E-state index in [1.54, 1.807) is 6.07 Å². The summed E-state index contributed by atoms with van der Waals surface area (Å²) in [6, 6.07) is 10.7. The fraction of sp³-hybridized carbons (Fsp3) is 0. The van der Waals surface area contributed by atoms with Gasteiger partial charge in [0.2, 0.25) is 0 Å². The number of thiazole rings is 1. The van der Waals surface area contributed by atoms with Crippen LogP contribution in [0.1, 0.15) is 10.5 Å². The first-order chi connectivity index (χ1) is 9.22. The first kappa shape index (κ1) is 11.5. The molecule has 94 valence electrons. The maximum Gasteiger partial charge on any atom is 0.356 e. The third-order valence-corrected chi connectivity index (χ3v) is 3.36. The smallest absolute Gasteiger partial charge is 0.356 e. The van der Waals surface area contributed by atoms with E-state index in [0.29, 0.717) is 10.9 Å². The number of fused-ring (bicyclic) bond motifs is 1. The molecule has 19 heavy (non-hydrogen) atoms. The van der Waals surface area contributed by atoms with Gasteiger partial charge in [-0.1, -0.05) is 23.5 Å². The Kier molecular flexibility index (Phi) is 2.81. The number of anilines is 2. The normalized spacial score (nSPS) is 10.5. The number of benzene rings is 1. The van der Waals surface area contributed by atoms with Gasteiger partial charge in [0, 0.05) is 0 Å². The predicted molar refractivity (Wildman–Crippen MR) is 71.9 cm³/mol. The highest BCUT2D eigenvalue weighted by atomic mass is 32.1. The molecule has 0 radical (unpaired) electrons. The largest absolute Gasteiger partial charge is 0.476 e. The summed E-state index contributed by atoms with van der Waals surface area (Å²) in [5.74, 6) is -0.636. The second kappa shape index (κ2) is 4.62. The lowest BCUT2D eigenvalue weighted by Crippen LogP contribution is -2.03. The minimum Gasteiger partial charge on any atom is -0.476 e. The van der Waals surface area contributed by atoms with E-state index in [4.69, 9.17) is 5.11 Å². The molecule has 0 bridgehead atoms. The summed E-state index contributed by atoms with van der Waals surface area (Å²) in [7, 11) is 0. The Morgan fingerprint density at radius 1 is 1.16 bits per heavy atom. The van der Waals surface area contributed by atoms with E-state index < -0.39 is 5.97 Å². The summed E-state index contributed by atoms with van der Waals surface area (Å²) in [4.78, 5) is 15.0. The van der Waals surface area contributed by atoms with Crippen molar-refractivity contribution in [3.8, 4) is 0 Å². The number of para-hydroxylation sites is 1. The SMILES string of the molecule is O=C(O)c1ccc(Nc2nc3ccccc3s2)nn1. The maximum absolute atomic E-state index is 10.7. The number of carboxylic acid groups (broad SMARTS) is 1. The summed E-state index contributed by atoms with van der Waals surface area (Å²) in [6.07, 6.45) is 0. The lowest BCUT2D eigenvalue weighted by molar-refractivity contribution is 0.0689. The van der Waals surface area contributed by atoms with Gasteiger partial charge in [0.15, 0.2) is 16.6 Å². The van der Waals surface area contributed by atoms with Crippen LogP contribution in [0.15, 0.2) is 36.4 Å². The Morgan fingerprint density at radius 3 is 2.68 bits per heavy atom. The zero-order chi connectivity index (χ0) is 13.2. The maximum atomic E-state index is 10.7. The van der Waals surface area contributed by atoms with E-state index in [-0.39, 0.29) is 5.69 Å². The summed E-state index contributed by atoms with van der Waals surface area (Å²) >= 11 is 1.50. The number of rotatable bonds is 3. The molecule has 7 heteroatoms. The van der Waals surface area contributed by atoms with Gasteiger partial charge in [-0.15, -0.1) is 10.2 Å². The Labute approximate surface area is 111 Å². The van der Waals surface area contributed by atoms with Gasteiger partial charge in [0.1, 0.15) is 0 Å². The molecule has 3 rings (SSSR count). The molecule has 0 amide bonds. The Bertz CT molecular complexity index is 706. The Balaban J connectivity index is 1.86. The molecule has 0 saturated carbocycles. The van der Waals surface area contributed by atoms with Crippen molar-refractivity contribution >= 4 is 38.5 Å². The van der Waals surface area contributed by atoms with Gasteiger partial charge >= 0.3 is 5.97 Å². The van der Waals surface area contributed by atoms with Crippen LogP contribution in [0.5, 0.6) is 0 Å². The molecule has 3 aromatic rings. The quantitative estimate of drug-likeness (QED) is 0.761. The van der Waals surface area contributed by atoms with Crippen LogP contribution in [-0.2, 0) is 0 Å². The molecule has 6 nitrogen and oxygen atoms in total. The lowest BCUT2D eigenvalue weighted by atomic mass is 10.3. The highest BCUT2D eigenvalue weighted by Crippen LogP contribution is 2.27. The van der Waals surface area contributed by atoms with Gasteiger partial charge in [-0.3, -0.25) is 0 Å². The van der Waals surface area contributed by atoms with E-state index >= 15 is 0 Å². The van der Waals surface area contributed by atoms with Crippen molar-refractivity contribution in [1.82, 2.24) is 15.2 Å². The molecule has 0 spiro atoms. The van der Waals surface area contributed by atoms with Crippen LogP contribution in [0.4, 0.5) is 10.9 Å². The van der Waals surface area contributed by atoms with E-state index in [0.717, 1.165) is 10.2 Å². The summed E-state index contributed by atoms with van der Waals surface area (Å²) in [5, 5.41) is 19.8. The predicted octanol–water partition coefficient (Wildman–Crippen LogP) is 2.53. The number of hydrogen-bond acceptors (Lipinski definition) is 6. The second-order valence-corrected chi connectivity index (χ2v) is 4.75. The van der Waals surface area contributed by atoms with Crippen LogP contribution in [-0.4, -0.2) is 26.3 Å². The number of carbonyl (C=O) groups is 1. The fourth-order valence-corrected chi connectivity index (χ4v) is 2.42. The molecular formula is C12H8N4O2S. The number of aromatic nitrogens is 3. The van der Waals surface area contributed by atoms with Gasteiger partial charge in [-0.25, -0.2) is 9.78 Å². The molecule has 0 aliphatic rings. The van der Waals surface area contributed by atoms with Crippen LogP contribution >= 0.6 is 11.3 Å². The van der Waals surface area contributed by atoms with Gasteiger partial charge in [-0.05, 0) is 24.3 Å². The second-order valence-electron chi connectivity index (χ2n) is 3.72. The van der Waals surface area contributed by atoms with Gasteiger partial charge in [0.05, 0.1) is 10.2 Å². The summed E-state index contributed by atoms with van der Waals surface area (Å²) in [6.45, 7) is 0. The topological polar surface area (TPSA) is 88.0 Å². The van der Waals surface area contributed by atoms with E-state index in [2.05, 4.69) is 20.5 Å². The number of carboxylic acids is 1. The van der Waals surface area contributed by atoms with Crippen molar-refractivity contribution in [3.63, 3.8) is 0 Å². The molecule has 0 saturated heterocycles. The molecule has 0 unspecified atom stereocenters. The zero-order valence-electron chi connectivity index (χ0n) is 9.57. The van der Waals surface area contributed by atoms with Crippen molar-refractivity contribution in [3.05, 3.63) is 42.1 Å². The standard InChI is InChI=1S/C12H8N4O2S/c17-11(18)8-5-6-10(16-15-8)14-12-13-7-3-1-2-4-9(7)19-12/h1-6H,(H,17,18)(H,13,14,16). The van der Waals surface area contributed by atoms with Crippen molar-refractivity contribution in [2.45, 2.75) is 0 Å². The zero-order valence-corrected chi connectivity index (χ0v) is 10.4. The van der Waals surface area contributed by atoms with Crippen LogP contribution < -0.4 is 5.32 Å². The van der Waals surface area contributed by atoms with Crippen LogP contribution in [0.3, 0.4) is 0 Å². The first-order valence-corrected chi connectivity index (χ1v) is 6.23. The van der Waals surface area contributed by atoms with Crippen LogP contribution in [0.25, 0.3) is 10.2 Å². The molecule has 0 atom stereocenters. The summed E-state index contributed by atoms with van der Waals surface area (Å²) in [5.41, 5.74) is 0.819. The molecular weight excluding hydrogens is 264 g/mol. The van der Waals surface area contributed by atoms with Gasteiger partial charge in [0.25, 0.3) is 0 Å². The van der Waals surface area contributed by atoms with Crippen molar-refractivity contribution in [1.29, 1.82) is 0 Å². The molecule has 1 aromatic carbocycles. The van der Waals surface area contributed by atoms with E-state index in [9.17, 15) is 4.79 Å². The molecule has 0 aliphatic carbocycles. The number of nitrogens with one attached hydrogen (secondary N) is 1. The van der Waals surface area contributed by atoms with Gasteiger partial charge in [-0.2, -0.15) is 0 Å². The lowest BCUT2D eigenvalue weighted by Gasteiger charge is -1.99. The highest BCUT2D eigenvalue weighted by Gasteiger charge is 2.07. The highest BCUT2D eigenvalue weighted by molar-refractivity contribution is 7.22. The number of aromatic carboxylic acids is 1.